The van der Waals surface area contributed by atoms with E-state index in [2.05, 4.69) is 0 Å². The Balaban J connectivity index is 0.00000264. The van der Waals surface area contributed by atoms with E-state index >= 15 is 0 Å². The predicted molar refractivity (Wildman–Crippen MR) is 92.6 cm³/mol. The highest BCUT2D eigenvalue weighted by Crippen LogP contribution is 2.19. The van der Waals surface area contributed by atoms with Gasteiger partial charge in [-0.15, -0.1) is 12.4 Å². The smallest absolute Gasteiger partial charge is 0.307 e. The first kappa shape index (κ1) is 19.0. The summed E-state index contributed by atoms with van der Waals surface area (Å²) in [7, 11) is 0. The maximum atomic E-state index is 11.4. The molecule has 2 rings (SSSR count). The lowest BCUT2D eigenvalue weighted by atomic mass is 10.0. The first-order valence-corrected chi connectivity index (χ1v) is 7.37. The molecule has 0 heterocycles. The SMILES string of the molecule is CCOC(=O)C[C@@H](N)c1ccc(OCc2ccccc2)cc1.Cl. The zero-order chi connectivity index (χ0) is 15.8. The minimum Gasteiger partial charge on any atom is -0.489 e. The van der Waals surface area contributed by atoms with Crippen LogP contribution in [0.15, 0.2) is 54.6 Å². The zero-order valence-electron chi connectivity index (χ0n) is 13.1. The van der Waals surface area contributed by atoms with Crippen molar-refractivity contribution >= 4 is 18.4 Å². The molecule has 2 N–H and O–H groups in total. The molecule has 0 radical (unpaired) electrons. The maximum absolute atomic E-state index is 11.4. The van der Waals surface area contributed by atoms with Crippen molar-refractivity contribution in [3.05, 3.63) is 65.7 Å². The van der Waals surface area contributed by atoms with Gasteiger partial charge in [0.05, 0.1) is 13.0 Å². The van der Waals surface area contributed by atoms with Crippen LogP contribution in [0.1, 0.15) is 30.5 Å². The van der Waals surface area contributed by atoms with Gasteiger partial charge in [0.1, 0.15) is 12.4 Å². The average Bonchev–Trinajstić information content (AvgIpc) is 2.54. The standard InChI is InChI=1S/C18H21NO3.ClH/c1-2-21-18(20)12-17(19)15-8-10-16(11-9-15)22-13-14-6-4-3-5-7-14;/h3-11,17H,2,12-13,19H2,1H3;1H/t17-;/m1./s1. The number of carbonyl (C=O) groups is 1. The Hall–Kier alpha value is -2.04. The van der Waals surface area contributed by atoms with E-state index in [-0.39, 0.29) is 30.8 Å². The van der Waals surface area contributed by atoms with E-state index in [1.54, 1.807) is 6.92 Å². The molecule has 0 bridgehead atoms. The van der Waals surface area contributed by atoms with Gasteiger partial charge in [-0.2, -0.15) is 0 Å². The summed E-state index contributed by atoms with van der Waals surface area (Å²) in [4.78, 5) is 11.4. The summed E-state index contributed by atoms with van der Waals surface area (Å²) in [6.45, 7) is 2.68. The van der Waals surface area contributed by atoms with Gasteiger partial charge in [-0.25, -0.2) is 0 Å². The average molecular weight is 336 g/mol. The molecule has 0 fully saturated rings. The lowest BCUT2D eigenvalue weighted by Crippen LogP contribution is -2.17. The van der Waals surface area contributed by atoms with Gasteiger partial charge in [0.2, 0.25) is 0 Å². The van der Waals surface area contributed by atoms with Crippen LogP contribution in [-0.4, -0.2) is 12.6 Å². The second-order valence-electron chi connectivity index (χ2n) is 4.96. The van der Waals surface area contributed by atoms with Crippen LogP contribution in [0.3, 0.4) is 0 Å². The van der Waals surface area contributed by atoms with Crippen molar-refractivity contribution in [2.24, 2.45) is 5.73 Å². The van der Waals surface area contributed by atoms with Crippen molar-refractivity contribution in [3.8, 4) is 5.75 Å². The number of rotatable bonds is 7. The summed E-state index contributed by atoms with van der Waals surface area (Å²) in [6.07, 6.45) is 0.179. The van der Waals surface area contributed by atoms with Gasteiger partial charge in [0.25, 0.3) is 0 Å². The monoisotopic (exact) mass is 335 g/mol. The summed E-state index contributed by atoms with van der Waals surface area (Å²) >= 11 is 0. The first-order chi connectivity index (χ1) is 10.7. The van der Waals surface area contributed by atoms with Crippen molar-refractivity contribution in [2.45, 2.75) is 26.0 Å². The number of hydrogen-bond donors (Lipinski definition) is 1. The van der Waals surface area contributed by atoms with Crippen LogP contribution in [0.4, 0.5) is 0 Å². The molecule has 0 aliphatic carbocycles. The predicted octanol–water partition coefficient (Wildman–Crippen LogP) is 3.64. The number of esters is 1. The summed E-state index contributed by atoms with van der Waals surface area (Å²) < 4.78 is 10.6. The third-order valence-electron chi connectivity index (χ3n) is 3.25. The number of ether oxygens (including phenoxy) is 2. The highest BCUT2D eigenvalue weighted by atomic mass is 35.5. The molecule has 0 saturated heterocycles. The Morgan fingerprint density at radius 2 is 1.74 bits per heavy atom. The number of halogens is 1. The van der Waals surface area contributed by atoms with E-state index < -0.39 is 0 Å². The first-order valence-electron chi connectivity index (χ1n) is 7.37. The van der Waals surface area contributed by atoms with E-state index in [4.69, 9.17) is 15.2 Å². The molecule has 4 nitrogen and oxygen atoms in total. The van der Waals surface area contributed by atoms with E-state index in [1.807, 2.05) is 54.6 Å². The van der Waals surface area contributed by atoms with Gasteiger partial charge in [-0.05, 0) is 30.2 Å². The van der Waals surface area contributed by atoms with Crippen LogP contribution in [0.2, 0.25) is 0 Å². The van der Waals surface area contributed by atoms with Crippen LogP contribution >= 0.6 is 12.4 Å². The minimum atomic E-state index is -0.359. The molecule has 124 valence electrons. The second kappa shape index (κ2) is 9.87. The topological polar surface area (TPSA) is 61.5 Å². The van der Waals surface area contributed by atoms with Crippen molar-refractivity contribution in [1.82, 2.24) is 0 Å². The Kier molecular flexibility index (Phi) is 8.16. The van der Waals surface area contributed by atoms with E-state index in [1.165, 1.54) is 0 Å². The molecule has 23 heavy (non-hydrogen) atoms. The van der Waals surface area contributed by atoms with Gasteiger partial charge in [0, 0.05) is 6.04 Å². The molecule has 2 aromatic carbocycles. The highest BCUT2D eigenvalue weighted by molar-refractivity contribution is 5.85. The summed E-state index contributed by atoms with van der Waals surface area (Å²) in [5.41, 5.74) is 8.00. The zero-order valence-corrected chi connectivity index (χ0v) is 13.9. The molecule has 0 amide bonds. The number of nitrogens with two attached hydrogens (primary N) is 1. The van der Waals surface area contributed by atoms with Gasteiger partial charge in [-0.1, -0.05) is 42.5 Å². The molecule has 0 spiro atoms. The van der Waals surface area contributed by atoms with Crippen LogP contribution in [-0.2, 0) is 16.1 Å². The molecule has 0 aliphatic heterocycles. The van der Waals surface area contributed by atoms with Gasteiger partial charge in [0.15, 0.2) is 0 Å². The number of hydrogen-bond acceptors (Lipinski definition) is 4. The maximum Gasteiger partial charge on any atom is 0.307 e. The summed E-state index contributed by atoms with van der Waals surface area (Å²) in [5.74, 6) is 0.496. The van der Waals surface area contributed by atoms with Gasteiger partial charge >= 0.3 is 5.97 Å². The number of benzene rings is 2. The minimum absolute atomic E-state index is 0. The quantitative estimate of drug-likeness (QED) is 0.785. The van der Waals surface area contributed by atoms with E-state index in [0.29, 0.717) is 13.2 Å². The third-order valence-corrected chi connectivity index (χ3v) is 3.25. The second-order valence-corrected chi connectivity index (χ2v) is 4.96. The van der Waals surface area contributed by atoms with Crippen molar-refractivity contribution in [1.29, 1.82) is 0 Å². The third kappa shape index (κ3) is 6.30. The fourth-order valence-electron chi connectivity index (χ4n) is 2.07. The van der Waals surface area contributed by atoms with Crippen molar-refractivity contribution < 1.29 is 14.3 Å². The van der Waals surface area contributed by atoms with Crippen LogP contribution in [0, 0.1) is 0 Å². The fourth-order valence-corrected chi connectivity index (χ4v) is 2.07. The van der Waals surface area contributed by atoms with Gasteiger partial charge in [-0.3, -0.25) is 4.79 Å². The Morgan fingerprint density at radius 3 is 2.35 bits per heavy atom. The molecular formula is C18H22ClNO3. The Bertz CT molecular complexity index is 587. The normalized spacial score (nSPS) is 11.2. The molecule has 2 aromatic rings. The van der Waals surface area contributed by atoms with E-state index in [9.17, 15) is 4.79 Å². The molecule has 0 saturated carbocycles. The highest BCUT2D eigenvalue weighted by Gasteiger charge is 2.12. The van der Waals surface area contributed by atoms with Crippen LogP contribution < -0.4 is 10.5 Å². The fraction of sp³-hybridized carbons (Fsp3) is 0.278. The van der Waals surface area contributed by atoms with Crippen LogP contribution in [0.5, 0.6) is 5.75 Å². The lowest BCUT2D eigenvalue weighted by Gasteiger charge is -2.12. The molecular weight excluding hydrogens is 314 g/mol. The molecule has 1 atom stereocenters. The summed E-state index contributed by atoms with van der Waals surface area (Å²) in [5, 5.41) is 0. The lowest BCUT2D eigenvalue weighted by molar-refractivity contribution is -0.143. The van der Waals surface area contributed by atoms with Crippen molar-refractivity contribution in [2.75, 3.05) is 6.61 Å². The van der Waals surface area contributed by atoms with Gasteiger partial charge < -0.3 is 15.2 Å². The molecule has 0 aromatic heterocycles. The number of carbonyl (C=O) groups excluding carboxylic acids is 1. The molecule has 0 unspecified atom stereocenters. The van der Waals surface area contributed by atoms with E-state index in [0.717, 1.165) is 16.9 Å². The molecule has 5 heteroatoms. The Labute approximate surface area is 143 Å². The summed E-state index contributed by atoms with van der Waals surface area (Å²) in [6, 6.07) is 17.1. The Morgan fingerprint density at radius 1 is 1.09 bits per heavy atom. The largest absolute Gasteiger partial charge is 0.489 e. The van der Waals surface area contributed by atoms with Crippen LogP contribution in [0.25, 0.3) is 0 Å². The van der Waals surface area contributed by atoms with Crippen molar-refractivity contribution in [3.63, 3.8) is 0 Å². The molecule has 0 aliphatic rings.